The lowest BCUT2D eigenvalue weighted by atomic mass is 9.89. The summed E-state index contributed by atoms with van der Waals surface area (Å²) < 4.78 is 10.4. The van der Waals surface area contributed by atoms with Gasteiger partial charge in [0, 0.05) is 12.0 Å². The molecule has 3 nitrogen and oxygen atoms in total. The summed E-state index contributed by atoms with van der Waals surface area (Å²) in [5.41, 5.74) is 0.678. The van der Waals surface area contributed by atoms with Crippen LogP contribution in [-0.4, -0.2) is 20.0 Å². The van der Waals surface area contributed by atoms with E-state index in [9.17, 15) is 4.79 Å². The highest BCUT2D eigenvalue weighted by atomic mass is 16.5. The molecule has 0 saturated heterocycles. The molecule has 1 aromatic carbocycles. The second-order valence-corrected chi connectivity index (χ2v) is 4.95. The quantitative estimate of drug-likeness (QED) is 0.767. The third-order valence-corrected chi connectivity index (χ3v) is 3.87. The zero-order valence-electron chi connectivity index (χ0n) is 11.2. The Bertz CT molecular complexity index is 439. The van der Waals surface area contributed by atoms with Gasteiger partial charge < -0.3 is 9.47 Å². The van der Waals surface area contributed by atoms with Gasteiger partial charge in [-0.2, -0.15) is 0 Å². The minimum atomic E-state index is 0.146. The Kier molecular flexibility index (Phi) is 3.90. The van der Waals surface area contributed by atoms with Crippen LogP contribution in [0.5, 0.6) is 11.5 Å². The predicted octanol–water partition coefficient (Wildman–Crippen LogP) is 3.32. The van der Waals surface area contributed by atoms with Gasteiger partial charge >= 0.3 is 0 Å². The number of hydrogen-bond donors (Lipinski definition) is 0. The SMILES string of the molecule is COc1ccc(C(=O)C2CCCC2C)c(OC)c1. The maximum absolute atomic E-state index is 12.5. The molecule has 98 valence electrons. The van der Waals surface area contributed by atoms with Crippen LogP contribution in [0.1, 0.15) is 36.5 Å². The number of Topliss-reactive ketones (excluding diaryl/α,β-unsaturated/α-hetero) is 1. The van der Waals surface area contributed by atoms with Crippen LogP contribution in [0.3, 0.4) is 0 Å². The zero-order chi connectivity index (χ0) is 13.1. The van der Waals surface area contributed by atoms with Crippen LogP contribution in [0.15, 0.2) is 18.2 Å². The summed E-state index contributed by atoms with van der Waals surface area (Å²) in [5.74, 6) is 2.15. The molecule has 0 N–H and O–H groups in total. The third kappa shape index (κ3) is 2.35. The minimum absolute atomic E-state index is 0.146. The summed E-state index contributed by atoms with van der Waals surface area (Å²) in [7, 11) is 3.19. The first kappa shape index (κ1) is 12.9. The van der Waals surface area contributed by atoms with E-state index >= 15 is 0 Å². The monoisotopic (exact) mass is 248 g/mol. The second-order valence-electron chi connectivity index (χ2n) is 4.95. The number of ether oxygens (including phenoxy) is 2. The Labute approximate surface area is 108 Å². The number of carbonyl (C=O) groups excluding carboxylic acids is 1. The van der Waals surface area contributed by atoms with Crippen molar-refractivity contribution in [2.24, 2.45) is 11.8 Å². The summed E-state index contributed by atoms with van der Waals surface area (Å²) >= 11 is 0. The average molecular weight is 248 g/mol. The molecule has 2 atom stereocenters. The molecule has 1 aromatic rings. The van der Waals surface area contributed by atoms with E-state index in [4.69, 9.17) is 9.47 Å². The highest BCUT2D eigenvalue weighted by Gasteiger charge is 2.31. The van der Waals surface area contributed by atoms with Gasteiger partial charge in [0.1, 0.15) is 11.5 Å². The molecule has 0 aromatic heterocycles. The van der Waals surface area contributed by atoms with E-state index in [1.165, 1.54) is 0 Å². The maximum Gasteiger partial charge on any atom is 0.169 e. The fraction of sp³-hybridized carbons (Fsp3) is 0.533. The normalized spacial score (nSPS) is 22.8. The number of rotatable bonds is 4. The number of carbonyl (C=O) groups is 1. The van der Waals surface area contributed by atoms with Gasteiger partial charge in [-0.15, -0.1) is 0 Å². The number of benzene rings is 1. The smallest absolute Gasteiger partial charge is 0.169 e. The fourth-order valence-corrected chi connectivity index (χ4v) is 2.74. The van der Waals surface area contributed by atoms with Crippen molar-refractivity contribution in [1.29, 1.82) is 0 Å². The third-order valence-electron chi connectivity index (χ3n) is 3.87. The molecule has 3 heteroatoms. The highest BCUT2D eigenvalue weighted by molar-refractivity contribution is 6.00. The predicted molar refractivity (Wildman–Crippen MR) is 70.4 cm³/mol. The van der Waals surface area contributed by atoms with E-state index in [-0.39, 0.29) is 11.7 Å². The van der Waals surface area contributed by atoms with Gasteiger partial charge in [0.25, 0.3) is 0 Å². The summed E-state index contributed by atoms with van der Waals surface area (Å²) in [4.78, 5) is 12.5. The molecule has 0 radical (unpaired) electrons. The van der Waals surface area contributed by atoms with Crippen LogP contribution in [0.4, 0.5) is 0 Å². The first-order valence-corrected chi connectivity index (χ1v) is 6.43. The van der Waals surface area contributed by atoms with E-state index in [1.54, 1.807) is 20.3 Å². The van der Waals surface area contributed by atoms with Crippen molar-refractivity contribution < 1.29 is 14.3 Å². The molecule has 0 aliphatic heterocycles. The van der Waals surface area contributed by atoms with Crippen LogP contribution >= 0.6 is 0 Å². The van der Waals surface area contributed by atoms with Crippen LogP contribution in [0.2, 0.25) is 0 Å². The largest absolute Gasteiger partial charge is 0.497 e. The molecule has 1 aliphatic carbocycles. The molecule has 2 rings (SSSR count). The lowest BCUT2D eigenvalue weighted by molar-refractivity contribution is 0.0894. The zero-order valence-corrected chi connectivity index (χ0v) is 11.2. The summed E-state index contributed by atoms with van der Waals surface area (Å²) in [6.45, 7) is 2.16. The summed E-state index contributed by atoms with van der Waals surface area (Å²) in [6.07, 6.45) is 3.29. The minimum Gasteiger partial charge on any atom is -0.497 e. The summed E-state index contributed by atoms with van der Waals surface area (Å²) in [6, 6.07) is 5.40. The van der Waals surface area contributed by atoms with Crippen molar-refractivity contribution in [1.82, 2.24) is 0 Å². The Morgan fingerprint density at radius 3 is 2.56 bits per heavy atom. The van der Waals surface area contributed by atoms with Crippen LogP contribution in [0, 0.1) is 11.8 Å². The maximum atomic E-state index is 12.5. The molecule has 1 aliphatic rings. The van der Waals surface area contributed by atoms with Crippen LogP contribution < -0.4 is 9.47 Å². The van der Waals surface area contributed by atoms with Crippen LogP contribution in [0.25, 0.3) is 0 Å². The van der Waals surface area contributed by atoms with Gasteiger partial charge in [-0.1, -0.05) is 13.3 Å². The van der Waals surface area contributed by atoms with E-state index < -0.39 is 0 Å². The molecule has 0 heterocycles. The number of hydrogen-bond acceptors (Lipinski definition) is 3. The van der Waals surface area contributed by atoms with Crippen molar-refractivity contribution in [3.05, 3.63) is 23.8 Å². The van der Waals surface area contributed by atoms with Gasteiger partial charge in [0.15, 0.2) is 5.78 Å². The number of ketones is 1. The number of methoxy groups -OCH3 is 2. The molecule has 0 spiro atoms. The van der Waals surface area contributed by atoms with Gasteiger partial charge in [-0.3, -0.25) is 4.79 Å². The molecule has 0 amide bonds. The average Bonchev–Trinajstić information content (AvgIpc) is 2.83. The van der Waals surface area contributed by atoms with Crippen molar-refractivity contribution >= 4 is 5.78 Å². The van der Waals surface area contributed by atoms with Crippen molar-refractivity contribution in [2.45, 2.75) is 26.2 Å². The van der Waals surface area contributed by atoms with Gasteiger partial charge in [-0.25, -0.2) is 0 Å². The van der Waals surface area contributed by atoms with Crippen molar-refractivity contribution in [3.63, 3.8) is 0 Å². The highest BCUT2D eigenvalue weighted by Crippen LogP contribution is 2.36. The first-order chi connectivity index (χ1) is 8.67. The second kappa shape index (κ2) is 5.42. The van der Waals surface area contributed by atoms with E-state index in [0.29, 0.717) is 23.0 Å². The molecule has 2 unspecified atom stereocenters. The Balaban J connectivity index is 2.29. The van der Waals surface area contributed by atoms with E-state index in [0.717, 1.165) is 19.3 Å². The van der Waals surface area contributed by atoms with E-state index in [2.05, 4.69) is 6.92 Å². The lowest BCUT2D eigenvalue weighted by Gasteiger charge is -2.16. The summed E-state index contributed by atoms with van der Waals surface area (Å²) in [5, 5.41) is 0. The molecule has 1 saturated carbocycles. The lowest BCUT2D eigenvalue weighted by Crippen LogP contribution is -2.17. The van der Waals surface area contributed by atoms with Gasteiger partial charge in [0.05, 0.1) is 19.8 Å². The Hall–Kier alpha value is -1.51. The Morgan fingerprint density at radius 1 is 1.22 bits per heavy atom. The topological polar surface area (TPSA) is 35.5 Å². The van der Waals surface area contributed by atoms with Crippen LogP contribution in [-0.2, 0) is 0 Å². The molecule has 18 heavy (non-hydrogen) atoms. The van der Waals surface area contributed by atoms with Crippen molar-refractivity contribution in [3.8, 4) is 11.5 Å². The Morgan fingerprint density at radius 2 is 2.00 bits per heavy atom. The van der Waals surface area contributed by atoms with Crippen molar-refractivity contribution in [2.75, 3.05) is 14.2 Å². The molecule has 1 fully saturated rings. The van der Waals surface area contributed by atoms with Gasteiger partial charge in [0.2, 0.25) is 0 Å². The first-order valence-electron chi connectivity index (χ1n) is 6.43. The standard InChI is InChI=1S/C15H20O3/c1-10-5-4-6-12(10)15(16)13-8-7-11(17-2)9-14(13)18-3/h7-10,12H,4-6H2,1-3H3. The van der Waals surface area contributed by atoms with E-state index in [1.807, 2.05) is 12.1 Å². The fourth-order valence-electron chi connectivity index (χ4n) is 2.74. The molecule has 0 bridgehead atoms. The van der Waals surface area contributed by atoms with Gasteiger partial charge in [-0.05, 0) is 30.9 Å². The molecular formula is C15H20O3. The molecular weight excluding hydrogens is 228 g/mol.